The lowest BCUT2D eigenvalue weighted by Crippen LogP contribution is -2.44. The van der Waals surface area contributed by atoms with Crippen LogP contribution < -0.4 is 10.6 Å². The monoisotopic (exact) mass is 272 g/mol. The molecule has 108 valence electrons. The van der Waals surface area contributed by atoms with E-state index in [9.17, 15) is 9.59 Å². The van der Waals surface area contributed by atoms with Crippen molar-refractivity contribution >= 4 is 11.8 Å². The van der Waals surface area contributed by atoms with Crippen molar-refractivity contribution in [2.75, 3.05) is 26.3 Å². The molecule has 2 rings (SSSR count). The molecule has 1 atom stereocenters. The quantitative estimate of drug-likeness (QED) is 0.564. The van der Waals surface area contributed by atoms with Crippen LogP contribution in [0.1, 0.15) is 25.7 Å². The number of amides is 2. The fourth-order valence-electron chi connectivity index (χ4n) is 2.43. The molecule has 1 aliphatic carbocycles. The number of ether oxygens (including phenoxy) is 2. The largest absolute Gasteiger partial charge is 0.395 e. The average molecular weight is 272 g/mol. The van der Waals surface area contributed by atoms with Gasteiger partial charge < -0.3 is 25.2 Å². The number of carbonyl (C=O) groups excluding carboxylic acids is 2. The van der Waals surface area contributed by atoms with Crippen LogP contribution in [-0.2, 0) is 19.1 Å². The van der Waals surface area contributed by atoms with Gasteiger partial charge in [-0.3, -0.25) is 9.59 Å². The van der Waals surface area contributed by atoms with E-state index in [4.69, 9.17) is 14.6 Å². The lowest BCUT2D eigenvalue weighted by Gasteiger charge is -2.21. The third kappa shape index (κ3) is 3.65. The van der Waals surface area contributed by atoms with Crippen molar-refractivity contribution < 1.29 is 24.2 Å². The van der Waals surface area contributed by atoms with E-state index in [1.165, 1.54) is 0 Å². The zero-order valence-corrected chi connectivity index (χ0v) is 10.8. The number of rotatable bonds is 4. The van der Waals surface area contributed by atoms with Gasteiger partial charge in [0.2, 0.25) is 0 Å². The maximum atomic E-state index is 11.4. The smallest absolute Gasteiger partial charge is 0.309 e. The Labute approximate surface area is 111 Å². The summed E-state index contributed by atoms with van der Waals surface area (Å²) >= 11 is 0. The fourth-order valence-corrected chi connectivity index (χ4v) is 2.43. The number of hydrogen-bond acceptors (Lipinski definition) is 5. The minimum atomic E-state index is -0.747. The Morgan fingerprint density at radius 2 is 1.89 bits per heavy atom. The molecule has 0 bridgehead atoms. The zero-order chi connectivity index (χ0) is 13.7. The Balaban J connectivity index is 1.68. The number of hydrogen-bond donors (Lipinski definition) is 3. The van der Waals surface area contributed by atoms with Crippen molar-refractivity contribution in [1.29, 1.82) is 0 Å². The van der Waals surface area contributed by atoms with Crippen molar-refractivity contribution in [2.45, 2.75) is 37.6 Å². The molecule has 19 heavy (non-hydrogen) atoms. The van der Waals surface area contributed by atoms with E-state index < -0.39 is 17.6 Å². The second kappa shape index (κ2) is 6.31. The van der Waals surface area contributed by atoms with Gasteiger partial charge in [0, 0.05) is 25.9 Å². The number of aliphatic hydroxyl groups is 1. The van der Waals surface area contributed by atoms with Crippen LogP contribution in [0.2, 0.25) is 0 Å². The molecule has 2 fully saturated rings. The molecular formula is C12H20N2O5. The van der Waals surface area contributed by atoms with Crippen LogP contribution in [0.25, 0.3) is 0 Å². The highest BCUT2D eigenvalue weighted by molar-refractivity contribution is 6.35. The van der Waals surface area contributed by atoms with Crippen LogP contribution in [0.3, 0.4) is 0 Å². The molecule has 7 nitrogen and oxygen atoms in total. The van der Waals surface area contributed by atoms with E-state index in [0.717, 1.165) is 25.7 Å². The Kier molecular flexibility index (Phi) is 4.73. The van der Waals surface area contributed by atoms with Crippen LogP contribution in [-0.4, -0.2) is 55.1 Å². The highest BCUT2D eigenvalue weighted by Gasteiger charge is 2.43. The van der Waals surface area contributed by atoms with Crippen LogP contribution in [0.4, 0.5) is 0 Å². The molecule has 1 unspecified atom stereocenters. The van der Waals surface area contributed by atoms with Gasteiger partial charge in [0.1, 0.15) is 6.10 Å². The molecule has 1 saturated heterocycles. The normalized spacial score (nSPS) is 24.6. The third-order valence-corrected chi connectivity index (χ3v) is 3.37. The maximum Gasteiger partial charge on any atom is 0.309 e. The fraction of sp³-hybridized carbons (Fsp3) is 0.833. The van der Waals surface area contributed by atoms with Crippen molar-refractivity contribution in [3.63, 3.8) is 0 Å². The molecule has 1 spiro atoms. The molecule has 3 N–H and O–H groups in total. The summed E-state index contributed by atoms with van der Waals surface area (Å²) in [5.41, 5.74) is 0. The minimum Gasteiger partial charge on any atom is -0.395 e. The molecule has 0 radical (unpaired) electrons. The van der Waals surface area contributed by atoms with Crippen molar-refractivity contribution in [3.8, 4) is 0 Å². The van der Waals surface area contributed by atoms with E-state index in [1.54, 1.807) is 0 Å². The topological polar surface area (TPSA) is 96.9 Å². The van der Waals surface area contributed by atoms with Gasteiger partial charge in [-0.15, -0.1) is 0 Å². The van der Waals surface area contributed by atoms with Gasteiger partial charge in [-0.1, -0.05) is 0 Å². The average Bonchev–Trinajstić information content (AvgIpc) is 3.04. The molecule has 1 aliphatic heterocycles. The van der Waals surface area contributed by atoms with Crippen molar-refractivity contribution in [1.82, 2.24) is 10.6 Å². The van der Waals surface area contributed by atoms with Gasteiger partial charge in [0.15, 0.2) is 5.79 Å². The Morgan fingerprint density at radius 3 is 2.58 bits per heavy atom. The molecule has 1 saturated carbocycles. The van der Waals surface area contributed by atoms with E-state index >= 15 is 0 Å². The predicted octanol–water partition coefficient (Wildman–Crippen LogP) is -1.10. The van der Waals surface area contributed by atoms with Gasteiger partial charge in [-0.25, -0.2) is 0 Å². The van der Waals surface area contributed by atoms with Gasteiger partial charge >= 0.3 is 11.8 Å². The van der Waals surface area contributed by atoms with Crippen LogP contribution in [0, 0.1) is 0 Å². The number of aliphatic hydroxyl groups excluding tert-OH is 1. The summed E-state index contributed by atoms with van der Waals surface area (Å²) in [6.07, 6.45) is 3.79. The highest BCUT2D eigenvalue weighted by atomic mass is 16.7. The first-order chi connectivity index (χ1) is 9.15. The van der Waals surface area contributed by atoms with E-state index in [1.807, 2.05) is 0 Å². The van der Waals surface area contributed by atoms with Gasteiger partial charge in [0.25, 0.3) is 0 Å². The third-order valence-electron chi connectivity index (χ3n) is 3.37. The molecule has 0 aromatic carbocycles. The highest BCUT2D eigenvalue weighted by Crippen LogP contribution is 2.38. The Hall–Kier alpha value is -1.18. The molecule has 0 aromatic heterocycles. The Morgan fingerprint density at radius 1 is 1.21 bits per heavy atom. The van der Waals surface area contributed by atoms with E-state index in [0.29, 0.717) is 6.61 Å². The summed E-state index contributed by atoms with van der Waals surface area (Å²) in [5, 5.41) is 13.3. The molecular weight excluding hydrogens is 252 g/mol. The second-order valence-corrected chi connectivity index (χ2v) is 4.86. The lowest BCUT2D eigenvalue weighted by molar-refractivity contribution is -0.161. The zero-order valence-electron chi connectivity index (χ0n) is 10.8. The predicted molar refractivity (Wildman–Crippen MR) is 65.1 cm³/mol. The standard InChI is InChI=1S/C12H20N2O5/c15-6-5-13-10(16)11(17)14-7-9-8-18-12(19-9)3-1-2-4-12/h9,15H,1-8H2,(H,13,16)(H,14,17). The summed E-state index contributed by atoms with van der Waals surface area (Å²) in [6, 6.07) is 0. The van der Waals surface area contributed by atoms with E-state index in [2.05, 4.69) is 10.6 Å². The second-order valence-electron chi connectivity index (χ2n) is 4.86. The first kappa shape index (κ1) is 14.2. The van der Waals surface area contributed by atoms with Crippen molar-refractivity contribution in [2.24, 2.45) is 0 Å². The maximum absolute atomic E-state index is 11.4. The van der Waals surface area contributed by atoms with Crippen molar-refractivity contribution in [3.05, 3.63) is 0 Å². The first-order valence-electron chi connectivity index (χ1n) is 6.64. The molecule has 7 heteroatoms. The summed E-state index contributed by atoms with van der Waals surface area (Å²) in [6.45, 7) is 0.575. The Bertz CT molecular complexity index is 341. The minimum absolute atomic E-state index is 0.0679. The summed E-state index contributed by atoms with van der Waals surface area (Å²) in [4.78, 5) is 22.7. The van der Waals surface area contributed by atoms with Crippen LogP contribution >= 0.6 is 0 Å². The summed E-state index contributed by atoms with van der Waals surface area (Å²) in [7, 11) is 0. The molecule has 2 aliphatic rings. The van der Waals surface area contributed by atoms with Crippen LogP contribution in [0.15, 0.2) is 0 Å². The van der Waals surface area contributed by atoms with Gasteiger partial charge in [0.05, 0.1) is 13.2 Å². The van der Waals surface area contributed by atoms with Crippen LogP contribution in [0.5, 0.6) is 0 Å². The number of carbonyl (C=O) groups is 2. The summed E-state index contributed by atoms with van der Waals surface area (Å²) < 4.78 is 11.5. The summed E-state index contributed by atoms with van der Waals surface area (Å²) in [5.74, 6) is -1.91. The number of nitrogens with one attached hydrogen (secondary N) is 2. The lowest BCUT2D eigenvalue weighted by atomic mass is 10.2. The van der Waals surface area contributed by atoms with Gasteiger partial charge in [-0.2, -0.15) is 0 Å². The molecule has 1 heterocycles. The van der Waals surface area contributed by atoms with Gasteiger partial charge in [-0.05, 0) is 12.8 Å². The molecule has 2 amide bonds. The SMILES string of the molecule is O=C(NCCO)C(=O)NCC1COC2(CCCC2)O1. The molecule has 0 aromatic rings. The first-order valence-corrected chi connectivity index (χ1v) is 6.64. The van der Waals surface area contributed by atoms with E-state index in [-0.39, 0.29) is 25.8 Å².